The number of carbonyl (C=O) groups is 1. The van der Waals surface area contributed by atoms with Crippen LogP contribution in [0.3, 0.4) is 0 Å². The fraction of sp³-hybridized carbons (Fsp3) is 0.133. The Labute approximate surface area is 110 Å². The number of benzene rings is 2. The van der Waals surface area contributed by atoms with Crippen LogP contribution in [0.25, 0.3) is 0 Å². The summed E-state index contributed by atoms with van der Waals surface area (Å²) >= 11 is 5.86. The topological polar surface area (TPSA) is 17.1 Å². The molecule has 0 N–H and O–H groups in total. The SMILES string of the molecule is Cc1ccc(CC(=O)c2ccc(F)cc2Cl)cc1. The van der Waals surface area contributed by atoms with E-state index < -0.39 is 5.82 Å². The van der Waals surface area contributed by atoms with Crippen molar-refractivity contribution in [3.05, 3.63) is 70.0 Å². The molecule has 0 fully saturated rings. The van der Waals surface area contributed by atoms with Crippen LogP contribution in [0, 0.1) is 12.7 Å². The zero-order valence-electron chi connectivity index (χ0n) is 9.91. The predicted molar refractivity (Wildman–Crippen MR) is 70.6 cm³/mol. The van der Waals surface area contributed by atoms with E-state index in [0.717, 1.165) is 17.2 Å². The van der Waals surface area contributed by atoms with Crippen LogP contribution >= 0.6 is 11.6 Å². The van der Waals surface area contributed by atoms with Gasteiger partial charge in [0.1, 0.15) is 5.82 Å². The molecule has 92 valence electrons. The highest BCUT2D eigenvalue weighted by Gasteiger charge is 2.11. The van der Waals surface area contributed by atoms with E-state index in [9.17, 15) is 9.18 Å². The van der Waals surface area contributed by atoms with Gasteiger partial charge in [0.05, 0.1) is 5.02 Å². The van der Waals surface area contributed by atoms with Crippen LogP contribution in [-0.4, -0.2) is 5.78 Å². The third-order valence-corrected chi connectivity index (χ3v) is 3.03. The standard InChI is InChI=1S/C15H12ClFO/c1-10-2-4-11(5-3-10)8-15(18)13-7-6-12(17)9-14(13)16/h2-7,9H,8H2,1H3. The molecule has 0 saturated heterocycles. The first kappa shape index (κ1) is 12.8. The summed E-state index contributed by atoms with van der Waals surface area (Å²) in [6, 6.07) is 11.5. The lowest BCUT2D eigenvalue weighted by Gasteiger charge is -2.04. The molecule has 0 heterocycles. The van der Waals surface area contributed by atoms with Gasteiger partial charge in [-0.25, -0.2) is 4.39 Å². The molecule has 18 heavy (non-hydrogen) atoms. The first-order valence-electron chi connectivity index (χ1n) is 5.60. The third kappa shape index (κ3) is 2.96. The van der Waals surface area contributed by atoms with Gasteiger partial charge in [-0.15, -0.1) is 0 Å². The second-order valence-corrected chi connectivity index (χ2v) is 4.62. The summed E-state index contributed by atoms with van der Waals surface area (Å²) in [5.74, 6) is -0.546. The number of halogens is 2. The molecule has 0 aliphatic rings. The molecule has 1 nitrogen and oxygen atoms in total. The van der Waals surface area contributed by atoms with E-state index in [1.54, 1.807) is 0 Å². The smallest absolute Gasteiger partial charge is 0.168 e. The van der Waals surface area contributed by atoms with Gasteiger partial charge >= 0.3 is 0 Å². The monoisotopic (exact) mass is 262 g/mol. The van der Waals surface area contributed by atoms with Crippen LogP contribution in [0.1, 0.15) is 21.5 Å². The number of aryl methyl sites for hydroxylation is 1. The molecule has 0 spiro atoms. The Morgan fingerprint density at radius 2 is 1.83 bits per heavy atom. The van der Waals surface area contributed by atoms with Crippen LogP contribution < -0.4 is 0 Å². The zero-order chi connectivity index (χ0) is 13.1. The number of ketones is 1. The van der Waals surface area contributed by atoms with Gasteiger partial charge in [-0.2, -0.15) is 0 Å². The molecule has 0 unspecified atom stereocenters. The lowest BCUT2D eigenvalue weighted by atomic mass is 10.0. The molecule has 2 rings (SSSR count). The number of carbonyl (C=O) groups excluding carboxylic acids is 1. The summed E-state index contributed by atoms with van der Waals surface area (Å²) in [6.07, 6.45) is 0.269. The second-order valence-electron chi connectivity index (χ2n) is 4.21. The molecule has 0 bridgehead atoms. The minimum atomic E-state index is -0.438. The normalized spacial score (nSPS) is 10.4. The van der Waals surface area contributed by atoms with Gasteiger partial charge < -0.3 is 0 Å². The summed E-state index contributed by atoms with van der Waals surface area (Å²) in [4.78, 5) is 12.0. The van der Waals surface area contributed by atoms with Crippen LogP contribution in [-0.2, 0) is 6.42 Å². The number of hydrogen-bond donors (Lipinski definition) is 0. The first-order valence-corrected chi connectivity index (χ1v) is 5.98. The van der Waals surface area contributed by atoms with Crippen molar-refractivity contribution in [2.24, 2.45) is 0 Å². The largest absolute Gasteiger partial charge is 0.294 e. The van der Waals surface area contributed by atoms with Gasteiger partial charge in [0.15, 0.2) is 5.78 Å². The summed E-state index contributed by atoms with van der Waals surface area (Å²) in [7, 11) is 0. The van der Waals surface area contributed by atoms with Gasteiger partial charge in [0, 0.05) is 12.0 Å². The zero-order valence-corrected chi connectivity index (χ0v) is 10.7. The van der Waals surface area contributed by atoms with Gasteiger partial charge in [0.25, 0.3) is 0 Å². The third-order valence-electron chi connectivity index (χ3n) is 2.72. The Bertz CT molecular complexity index is 576. The molecule has 0 atom stereocenters. The predicted octanol–water partition coefficient (Wildman–Crippen LogP) is 4.21. The summed E-state index contributed by atoms with van der Waals surface area (Å²) in [6.45, 7) is 1.99. The van der Waals surface area contributed by atoms with Crippen molar-refractivity contribution in [1.29, 1.82) is 0 Å². The van der Waals surface area contributed by atoms with E-state index in [1.165, 1.54) is 12.1 Å². The molecule has 2 aromatic carbocycles. The maximum absolute atomic E-state index is 12.9. The van der Waals surface area contributed by atoms with Crippen molar-refractivity contribution >= 4 is 17.4 Å². The van der Waals surface area contributed by atoms with Crippen LogP contribution in [0.2, 0.25) is 5.02 Å². The minimum Gasteiger partial charge on any atom is -0.294 e. The molecule has 0 amide bonds. The number of Topliss-reactive ketones (excluding diaryl/α,β-unsaturated/α-hetero) is 1. The van der Waals surface area contributed by atoms with Gasteiger partial charge in [-0.05, 0) is 30.7 Å². The molecule has 0 aliphatic carbocycles. The number of rotatable bonds is 3. The maximum atomic E-state index is 12.9. The Hall–Kier alpha value is -1.67. The van der Waals surface area contributed by atoms with E-state index in [4.69, 9.17) is 11.6 Å². The highest BCUT2D eigenvalue weighted by molar-refractivity contribution is 6.34. The first-order chi connectivity index (χ1) is 8.56. The summed E-state index contributed by atoms with van der Waals surface area (Å²) in [5.41, 5.74) is 2.43. The van der Waals surface area contributed by atoms with E-state index in [-0.39, 0.29) is 17.2 Å². The minimum absolute atomic E-state index is 0.108. The summed E-state index contributed by atoms with van der Waals surface area (Å²) in [5, 5.41) is 0.159. The maximum Gasteiger partial charge on any atom is 0.168 e. The van der Waals surface area contributed by atoms with Crippen molar-refractivity contribution in [2.75, 3.05) is 0 Å². The van der Waals surface area contributed by atoms with Crippen LogP contribution in [0.4, 0.5) is 4.39 Å². The molecule has 0 saturated carbocycles. The average molecular weight is 263 g/mol. The Kier molecular flexibility index (Phi) is 3.78. The molecule has 3 heteroatoms. The van der Waals surface area contributed by atoms with Gasteiger partial charge in [0.2, 0.25) is 0 Å². The lowest BCUT2D eigenvalue weighted by Crippen LogP contribution is -2.04. The fourth-order valence-electron chi connectivity index (χ4n) is 1.70. The summed E-state index contributed by atoms with van der Waals surface area (Å²) < 4.78 is 12.9. The Balaban J connectivity index is 2.19. The van der Waals surface area contributed by atoms with Crippen molar-refractivity contribution in [1.82, 2.24) is 0 Å². The van der Waals surface area contributed by atoms with Crippen LogP contribution in [0.15, 0.2) is 42.5 Å². The lowest BCUT2D eigenvalue weighted by molar-refractivity contribution is 0.0993. The second kappa shape index (κ2) is 5.32. The fourth-order valence-corrected chi connectivity index (χ4v) is 1.97. The molecular formula is C15H12ClFO. The van der Waals surface area contributed by atoms with Crippen LogP contribution in [0.5, 0.6) is 0 Å². The quantitative estimate of drug-likeness (QED) is 0.757. The van der Waals surface area contributed by atoms with E-state index in [1.807, 2.05) is 31.2 Å². The molecule has 0 radical (unpaired) electrons. The van der Waals surface area contributed by atoms with E-state index in [2.05, 4.69) is 0 Å². The Morgan fingerprint density at radius 1 is 1.17 bits per heavy atom. The van der Waals surface area contributed by atoms with Crippen molar-refractivity contribution in [3.63, 3.8) is 0 Å². The highest BCUT2D eigenvalue weighted by atomic mass is 35.5. The average Bonchev–Trinajstić information content (AvgIpc) is 2.32. The van der Waals surface area contributed by atoms with Crippen molar-refractivity contribution in [2.45, 2.75) is 13.3 Å². The molecule has 2 aromatic rings. The Morgan fingerprint density at radius 3 is 2.44 bits per heavy atom. The van der Waals surface area contributed by atoms with E-state index >= 15 is 0 Å². The number of hydrogen-bond acceptors (Lipinski definition) is 1. The van der Waals surface area contributed by atoms with Crippen molar-refractivity contribution in [3.8, 4) is 0 Å². The van der Waals surface area contributed by atoms with E-state index in [0.29, 0.717) is 5.56 Å². The highest BCUT2D eigenvalue weighted by Crippen LogP contribution is 2.19. The molecule has 0 aliphatic heterocycles. The molecule has 0 aromatic heterocycles. The molecular weight excluding hydrogens is 251 g/mol. The van der Waals surface area contributed by atoms with Crippen molar-refractivity contribution < 1.29 is 9.18 Å². The van der Waals surface area contributed by atoms with Gasteiger partial charge in [-0.1, -0.05) is 41.4 Å². The van der Waals surface area contributed by atoms with Gasteiger partial charge in [-0.3, -0.25) is 4.79 Å².